The molecule has 0 amide bonds. The number of hydrogen-bond acceptors (Lipinski definition) is 5. The Labute approximate surface area is 134 Å². The molecule has 0 radical (unpaired) electrons. The van der Waals surface area contributed by atoms with Gasteiger partial charge >= 0.3 is 5.97 Å². The largest absolute Gasteiger partial charge is 0.497 e. The van der Waals surface area contributed by atoms with Crippen LogP contribution in [0.1, 0.15) is 26.0 Å². The standard InChI is InChI=1S/C16H21N3O4/c1-16(2,15(20)21)8-9-19-12(10-17-18-19)11-23-14-6-4-13(22-3)5-7-14/h4-7,10H,8-9,11H2,1-3H3,(H,20,21). The van der Waals surface area contributed by atoms with E-state index in [1.54, 1.807) is 31.8 Å². The zero-order chi connectivity index (χ0) is 16.9. The van der Waals surface area contributed by atoms with Gasteiger partial charge < -0.3 is 14.6 Å². The van der Waals surface area contributed by atoms with Crippen LogP contribution in [-0.4, -0.2) is 33.2 Å². The second-order valence-corrected chi connectivity index (χ2v) is 5.85. The number of carboxylic acid groups (broad SMARTS) is 1. The molecule has 124 valence electrons. The molecule has 7 nitrogen and oxygen atoms in total. The van der Waals surface area contributed by atoms with Gasteiger partial charge in [-0.1, -0.05) is 5.21 Å². The minimum absolute atomic E-state index is 0.312. The van der Waals surface area contributed by atoms with Gasteiger partial charge in [0.25, 0.3) is 0 Å². The molecule has 0 saturated carbocycles. The summed E-state index contributed by atoms with van der Waals surface area (Å²) in [4.78, 5) is 11.1. The third-order valence-electron chi connectivity index (χ3n) is 3.67. The predicted molar refractivity (Wildman–Crippen MR) is 83.4 cm³/mol. The molecule has 0 atom stereocenters. The van der Waals surface area contributed by atoms with E-state index in [1.165, 1.54) is 0 Å². The van der Waals surface area contributed by atoms with Gasteiger partial charge in [0.1, 0.15) is 18.1 Å². The Bertz CT molecular complexity index is 650. The smallest absolute Gasteiger partial charge is 0.309 e. The van der Waals surface area contributed by atoms with Crippen molar-refractivity contribution in [2.75, 3.05) is 7.11 Å². The first-order valence-corrected chi connectivity index (χ1v) is 7.30. The lowest BCUT2D eigenvalue weighted by molar-refractivity contribution is -0.147. The summed E-state index contributed by atoms with van der Waals surface area (Å²) in [7, 11) is 1.61. The average molecular weight is 319 g/mol. The van der Waals surface area contributed by atoms with E-state index < -0.39 is 11.4 Å². The van der Waals surface area contributed by atoms with Crippen LogP contribution < -0.4 is 9.47 Å². The van der Waals surface area contributed by atoms with Gasteiger partial charge in [0.2, 0.25) is 0 Å². The molecule has 1 heterocycles. The van der Waals surface area contributed by atoms with Crippen LogP contribution >= 0.6 is 0 Å². The molecule has 7 heteroatoms. The van der Waals surface area contributed by atoms with E-state index in [2.05, 4.69) is 10.3 Å². The van der Waals surface area contributed by atoms with Gasteiger partial charge in [0.05, 0.1) is 24.4 Å². The summed E-state index contributed by atoms with van der Waals surface area (Å²) in [6.45, 7) is 4.17. The van der Waals surface area contributed by atoms with Gasteiger partial charge in [-0.2, -0.15) is 0 Å². The third kappa shape index (κ3) is 4.45. The zero-order valence-electron chi connectivity index (χ0n) is 13.5. The number of benzene rings is 1. The lowest BCUT2D eigenvalue weighted by Gasteiger charge is -2.19. The number of aliphatic carboxylic acids is 1. The van der Waals surface area contributed by atoms with Gasteiger partial charge in [-0.05, 0) is 44.5 Å². The molecule has 0 bridgehead atoms. The number of rotatable bonds is 8. The second-order valence-electron chi connectivity index (χ2n) is 5.85. The van der Waals surface area contributed by atoms with Crippen molar-refractivity contribution < 1.29 is 19.4 Å². The highest BCUT2D eigenvalue weighted by Gasteiger charge is 2.27. The number of hydrogen-bond donors (Lipinski definition) is 1. The number of carboxylic acids is 1. The maximum Gasteiger partial charge on any atom is 0.309 e. The minimum atomic E-state index is -0.825. The summed E-state index contributed by atoms with van der Waals surface area (Å²) in [6, 6.07) is 7.28. The van der Waals surface area contributed by atoms with Crippen molar-refractivity contribution in [1.82, 2.24) is 15.0 Å². The summed E-state index contributed by atoms with van der Waals surface area (Å²) in [5.74, 6) is 0.651. The van der Waals surface area contributed by atoms with E-state index in [0.717, 1.165) is 11.4 Å². The fourth-order valence-electron chi connectivity index (χ4n) is 1.90. The molecule has 0 spiro atoms. The molecule has 0 aliphatic carbocycles. The fourth-order valence-corrected chi connectivity index (χ4v) is 1.90. The Kier molecular flexibility index (Phi) is 5.20. The van der Waals surface area contributed by atoms with Gasteiger partial charge in [-0.15, -0.1) is 5.10 Å². The highest BCUT2D eigenvalue weighted by Crippen LogP contribution is 2.22. The van der Waals surface area contributed by atoms with Crippen LogP contribution in [0.2, 0.25) is 0 Å². The molecule has 0 unspecified atom stereocenters. The molecule has 1 aromatic heterocycles. The predicted octanol–water partition coefficient (Wildman–Crippen LogP) is 2.37. The van der Waals surface area contributed by atoms with E-state index >= 15 is 0 Å². The molecular formula is C16H21N3O4. The van der Waals surface area contributed by atoms with Crippen molar-refractivity contribution in [2.45, 2.75) is 33.4 Å². The molecule has 0 aliphatic rings. The Morgan fingerprint density at radius 1 is 1.26 bits per heavy atom. The normalized spacial score (nSPS) is 11.3. The minimum Gasteiger partial charge on any atom is -0.497 e. The summed E-state index contributed by atoms with van der Waals surface area (Å²) in [6.07, 6.45) is 2.08. The Morgan fingerprint density at radius 3 is 2.52 bits per heavy atom. The van der Waals surface area contributed by atoms with E-state index in [1.807, 2.05) is 24.3 Å². The molecule has 23 heavy (non-hydrogen) atoms. The monoisotopic (exact) mass is 319 g/mol. The molecule has 2 aromatic rings. The Morgan fingerprint density at radius 2 is 1.91 bits per heavy atom. The molecule has 1 N–H and O–H groups in total. The van der Waals surface area contributed by atoms with E-state index in [9.17, 15) is 4.79 Å². The summed E-state index contributed by atoms with van der Waals surface area (Å²) >= 11 is 0. The summed E-state index contributed by atoms with van der Waals surface area (Å²) in [5.41, 5.74) is -0.0120. The van der Waals surface area contributed by atoms with Gasteiger partial charge in [-0.25, -0.2) is 4.68 Å². The number of nitrogens with zero attached hydrogens (tertiary/aromatic N) is 3. The van der Waals surface area contributed by atoms with Crippen LogP contribution in [0.5, 0.6) is 11.5 Å². The van der Waals surface area contributed by atoms with Gasteiger partial charge in [-0.3, -0.25) is 4.79 Å². The molecule has 1 aromatic carbocycles. The number of carbonyl (C=O) groups is 1. The van der Waals surface area contributed by atoms with Crippen molar-refractivity contribution in [3.05, 3.63) is 36.2 Å². The molecular weight excluding hydrogens is 298 g/mol. The first kappa shape index (κ1) is 16.8. The topological polar surface area (TPSA) is 86.5 Å². The third-order valence-corrected chi connectivity index (χ3v) is 3.67. The number of aryl methyl sites for hydroxylation is 1. The van der Waals surface area contributed by atoms with Crippen molar-refractivity contribution in [2.24, 2.45) is 5.41 Å². The van der Waals surface area contributed by atoms with Gasteiger partial charge in [0, 0.05) is 6.54 Å². The highest BCUT2D eigenvalue weighted by molar-refractivity contribution is 5.73. The summed E-state index contributed by atoms with van der Waals surface area (Å²) < 4.78 is 12.5. The molecule has 2 rings (SSSR count). The maximum atomic E-state index is 11.1. The van der Waals surface area contributed by atoms with E-state index in [4.69, 9.17) is 14.6 Å². The highest BCUT2D eigenvalue weighted by atomic mass is 16.5. The van der Waals surface area contributed by atoms with E-state index in [-0.39, 0.29) is 0 Å². The van der Waals surface area contributed by atoms with Crippen LogP contribution in [0.25, 0.3) is 0 Å². The second kappa shape index (κ2) is 7.13. The van der Waals surface area contributed by atoms with Crippen LogP contribution in [-0.2, 0) is 17.9 Å². The SMILES string of the molecule is COc1ccc(OCc2cnnn2CCC(C)(C)C(=O)O)cc1. The lowest BCUT2D eigenvalue weighted by atomic mass is 9.90. The Balaban J connectivity index is 1.94. The van der Waals surface area contributed by atoms with Crippen LogP contribution in [0.3, 0.4) is 0 Å². The zero-order valence-corrected chi connectivity index (χ0v) is 13.5. The lowest BCUT2D eigenvalue weighted by Crippen LogP contribution is -2.26. The molecule has 0 saturated heterocycles. The summed E-state index contributed by atoms with van der Waals surface area (Å²) in [5, 5.41) is 17.0. The first-order valence-electron chi connectivity index (χ1n) is 7.30. The number of aromatic nitrogens is 3. The first-order chi connectivity index (χ1) is 10.9. The quantitative estimate of drug-likeness (QED) is 0.804. The van der Waals surface area contributed by atoms with Crippen molar-refractivity contribution in [3.8, 4) is 11.5 Å². The molecule has 0 fully saturated rings. The van der Waals surface area contributed by atoms with E-state index in [0.29, 0.717) is 25.3 Å². The van der Waals surface area contributed by atoms with Crippen molar-refractivity contribution in [3.63, 3.8) is 0 Å². The van der Waals surface area contributed by atoms with Crippen LogP contribution in [0.4, 0.5) is 0 Å². The number of ether oxygens (including phenoxy) is 2. The van der Waals surface area contributed by atoms with Crippen LogP contribution in [0.15, 0.2) is 30.5 Å². The fraction of sp³-hybridized carbons (Fsp3) is 0.438. The van der Waals surface area contributed by atoms with Crippen molar-refractivity contribution in [1.29, 1.82) is 0 Å². The van der Waals surface area contributed by atoms with Gasteiger partial charge in [0.15, 0.2) is 0 Å². The number of methoxy groups -OCH3 is 1. The molecule has 0 aliphatic heterocycles. The van der Waals surface area contributed by atoms with Crippen LogP contribution in [0, 0.1) is 5.41 Å². The maximum absolute atomic E-state index is 11.1. The Hall–Kier alpha value is -2.57. The average Bonchev–Trinajstić information content (AvgIpc) is 2.99. The van der Waals surface area contributed by atoms with Crippen molar-refractivity contribution >= 4 is 5.97 Å².